The van der Waals surface area contributed by atoms with E-state index in [0.29, 0.717) is 5.92 Å². The molecule has 2 heteroatoms. The van der Waals surface area contributed by atoms with E-state index in [1.54, 1.807) is 0 Å². The molecule has 0 bridgehead atoms. The second kappa shape index (κ2) is 8.68. The van der Waals surface area contributed by atoms with Crippen molar-refractivity contribution in [3.05, 3.63) is 71.3 Å². The van der Waals surface area contributed by atoms with Crippen molar-refractivity contribution < 1.29 is 4.79 Å². The molecule has 2 nitrogen and oxygen atoms in total. The fourth-order valence-corrected chi connectivity index (χ4v) is 2.95. The first kappa shape index (κ1) is 18.3. The molecule has 128 valence electrons. The Bertz CT molecular complexity index is 631. The quantitative estimate of drug-likeness (QED) is 0.783. The van der Waals surface area contributed by atoms with Gasteiger partial charge in [-0.15, -0.1) is 0 Å². The van der Waals surface area contributed by atoms with Crippen LogP contribution in [0.5, 0.6) is 0 Å². The van der Waals surface area contributed by atoms with Crippen molar-refractivity contribution in [1.82, 2.24) is 5.32 Å². The number of hydrogen-bond donors (Lipinski definition) is 1. The lowest BCUT2D eigenvalue weighted by molar-refractivity contribution is -0.122. The van der Waals surface area contributed by atoms with E-state index in [1.807, 2.05) is 25.1 Å². The van der Waals surface area contributed by atoms with Crippen molar-refractivity contribution in [2.24, 2.45) is 5.92 Å². The molecule has 24 heavy (non-hydrogen) atoms. The van der Waals surface area contributed by atoms with E-state index < -0.39 is 0 Å². The van der Waals surface area contributed by atoms with Crippen molar-refractivity contribution in [1.29, 1.82) is 0 Å². The van der Waals surface area contributed by atoms with Crippen molar-refractivity contribution >= 4 is 5.91 Å². The SMILES string of the molecule is CC(C)Cc1ccc([C@H](C)C(=O)N[C@@H](C)Cc2ccccc2)cc1. The third-order valence-corrected chi connectivity index (χ3v) is 4.29. The number of hydrogen-bond acceptors (Lipinski definition) is 1. The number of benzene rings is 2. The molecule has 0 fully saturated rings. The summed E-state index contributed by atoms with van der Waals surface area (Å²) >= 11 is 0. The molecular formula is C22H29NO. The molecule has 0 aliphatic carbocycles. The fourth-order valence-electron chi connectivity index (χ4n) is 2.95. The monoisotopic (exact) mass is 323 g/mol. The van der Waals surface area contributed by atoms with Crippen molar-refractivity contribution in [2.75, 3.05) is 0 Å². The largest absolute Gasteiger partial charge is 0.353 e. The first-order chi connectivity index (χ1) is 11.5. The molecule has 0 aromatic heterocycles. The molecule has 2 aromatic rings. The molecule has 0 aliphatic heterocycles. The Labute approximate surface area is 146 Å². The van der Waals surface area contributed by atoms with E-state index in [1.165, 1.54) is 11.1 Å². The van der Waals surface area contributed by atoms with Crippen LogP contribution in [0.25, 0.3) is 0 Å². The summed E-state index contributed by atoms with van der Waals surface area (Å²) in [5.41, 5.74) is 3.65. The summed E-state index contributed by atoms with van der Waals surface area (Å²) in [4.78, 5) is 12.5. The first-order valence-electron chi connectivity index (χ1n) is 8.89. The van der Waals surface area contributed by atoms with Crippen LogP contribution < -0.4 is 5.32 Å². The molecule has 0 spiro atoms. The molecule has 2 aromatic carbocycles. The van der Waals surface area contributed by atoms with Gasteiger partial charge in [0.05, 0.1) is 5.92 Å². The molecule has 0 aliphatic rings. The van der Waals surface area contributed by atoms with E-state index >= 15 is 0 Å². The summed E-state index contributed by atoms with van der Waals surface area (Å²) in [6.07, 6.45) is 1.93. The second-order valence-electron chi connectivity index (χ2n) is 7.16. The van der Waals surface area contributed by atoms with Gasteiger partial charge in [-0.1, -0.05) is 68.4 Å². The smallest absolute Gasteiger partial charge is 0.227 e. The number of carbonyl (C=O) groups excluding carboxylic acids is 1. The minimum Gasteiger partial charge on any atom is -0.353 e. The Kier molecular flexibility index (Phi) is 6.60. The summed E-state index contributed by atoms with van der Waals surface area (Å²) in [5, 5.41) is 3.13. The highest BCUT2D eigenvalue weighted by Crippen LogP contribution is 2.18. The van der Waals surface area contributed by atoms with Gasteiger partial charge in [-0.05, 0) is 49.3 Å². The van der Waals surface area contributed by atoms with Crippen LogP contribution in [0.3, 0.4) is 0 Å². The van der Waals surface area contributed by atoms with Gasteiger partial charge in [-0.3, -0.25) is 4.79 Å². The van der Waals surface area contributed by atoms with Crippen molar-refractivity contribution in [3.63, 3.8) is 0 Å². The molecule has 0 saturated heterocycles. The molecule has 1 amide bonds. The van der Waals surface area contributed by atoms with Crippen LogP contribution >= 0.6 is 0 Å². The molecule has 1 N–H and O–H groups in total. The maximum absolute atomic E-state index is 12.5. The van der Waals surface area contributed by atoms with Gasteiger partial charge in [0.1, 0.15) is 0 Å². The Balaban J connectivity index is 1.91. The lowest BCUT2D eigenvalue weighted by Crippen LogP contribution is -2.36. The van der Waals surface area contributed by atoms with E-state index in [-0.39, 0.29) is 17.9 Å². The topological polar surface area (TPSA) is 29.1 Å². The number of nitrogens with one attached hydrogen (secondary N) is 1. The first-order valence-corrected chi connectivity index (χ1v) is 8.89. The van der Waals surface area contributed by atoms with Gasteiger partial charge in [-0.2, -0.15) is 0 Å². The summed E-state index contributed by atoms with van der Waals surface area (Å²) in [5.74, 6) is 0.613. The van der Waals surface area contributed by atoms with Crippen LogP contribution in [0.4, 0.5) is 0 Å². The minimum atomic E-state index is -0.128. The third-order valence-electron chi connectivity index (χ3n) is 4.29. The van der Waals surface area contributed by atoms with Crippen LogP contribution in [0.15, 0.2) is 54.6 Å². The minimum absolute atomic E-state index is 0.0926. The highest BCUT2D eigenvalue weighted by Gasteiger charge is 2.17. The Morgan fingerprint density at radius 2 is 1.42 bits per heavy atom. The molecule has 0 radical (unpaired) electrons. The predicted octanol–water partition coefficient (Wildman–Crippen LogP) is 4.74. The number of rotatable bonds is 7. The second-order valence-corrected chi connectivity index (χ2v) is 7.16. The van der Waals surface area contributed by atoms with Gasteiger partial charge in [0.2, 0.25) is 5.91 Å². The molecular weight excluding hydrogens is 294 g/mol. The average Bonchev–Trinajstić information content (AvgIpc) is 2.55. The average molecular weight is 323 g/mol. The fraction of sp³-hybridized carbons (Fsp3) is 0.409. The Hall–Kier alpha value is -2.09. The molecule has 2 rings (SSSR count). The maximum Gasteiger partial charge on any atom is 0.227 e. The standard InChI is InChI=1S/C22H29NO/c1-16(2)14-20-10-12-21(13-11-20)18(4)22(24)23-17(3)15-19-8-6-5-7-9-19/h5-13,16-18H,14-15H2,1-4H3,(H,23,24)/t17-,18-/m0/s1. The van der Waals surface area contributed by atoms with Gasteiger partial charge in [0.15, 0.2) is 0 Å². The summed E-state index contributed by atoms with van der Waals surface area (Å²) in [7, 11) is 0. The molecule has 0 saturated carbocycles. The van der Waals surface area contributed by atoms with Gasteiger partial charge < -0.3 is 5.32 Å². The van der Waals surface area contributed by atoms with E-state index in [4.69, 9.17) is 0 Å². The van der Waals surface area contributed by atoms with E-state index in [9.17, 15) is 4.79 Å². The van der Waals surface area contributed by atoms with Crippen molar-refractivity contribution in [3.8, 4) is 0 Å². The van der Waals surface area contributed by atoms with Crippen LogP contribution in [-0.2, 0) is 17.6 Å². The van der Waals surface area contributed by atoms with Gasteiger partial charge >= 0.3 is 0 Å². The zero-order valence-corrected chi connectivity index (χ0v) is 15.3. The summed E-state index contributed by atoms with van der Waals surface area (Å²) in [6, 6.07) is 18.9. The molecule has 2 atom stereocenters. The van der Waals surface area contributed by atoms with Gasteiger partial charge in [0.25, 0.3) is 0 Å². The predicted molar refractivity (Wildman–Crippen MR) is 101 cm³/mol. The van der Waals surface area contributed by atoms with Crippen molar-refractivity contribution in [2.45, 2.75) is 52.5 Å². The zero-order valence-electron chi connectivity index (χ0n) is 15.3. The van der Waals surface area contributed by atoms with E-state index in [2.05, 4.69) is 62.5 Å². The number of amides is 1. The van der Waals surface area contributed by atoms with Crippen LogP contribution in [-0.4, -0.2) is 11.9 Å². The van der Waals surface area contributed by atoms with Gasteiger partial charge in [0, 0.05) is 6.04 Å². The maximum atomic E-state index is 12.5. The zero-order chi connectivity index (χ0) is 17.5. The van der Waals surface area contributed by atoms with Crippen LogP contribution in [0.2, 0.25) is 0 Å². The van der Waals surface area contributed by atoms with Crippen LogP contribution in [0, 0.1) is 5.92 Å². The summed E-state index contributed by atoms with van der Waals surface area (Å²) < 4.78 is 0. The van der Waals surface area contributed by atoms with Gasteiger partial charge in [-0.25, -0.2) is 0 Å². The number of carbonyl (C=O) groups is 1. The highest BCUT2D eigenvalue weighted by atomic mass is 16.1. The third kappa shape index (κ3) is 5.52. The van der Waals surface area contributed by atoms with Crippen LogP contribution in [0.1, 0.15) is 50.3 Å². The summed E-state index contributed by atoms with van der Waals surface area (Å²) in [6.45, 7) is 8.47. The molecule has 0 unspecified atom stereocenters. The highest BCUT2D eigenvalue weighted by molar-refractivity contribution is 5.83. The Morgan fingerprint density at radius 3 is 2.00 bits per heavy atom. The molecule has 0 heterocycles. The van der Waals surface area contributed by atoms with E-state index in [0.717, 1.165) is 18.4 Å². The Morgan fingerprint density at radius 1 is 0.833 bits per heavy atom. The lowest BCUT2D eigenvalue weighted by atomic mass is 9.96. The normalized spacial score (nSPS) is 13.5. The lowest BCUT2D eigenvalue weighted by Gasteiger charge is -2.18.